The van der Waals surface area contributed by atoms with E-state index in [0.29, 0.717) is 16.0 Å². The molecule has 0 aliphatic carbocycles. The van der Waals surface area contributed by atoms with Gasteiger partial charge in [-0.3, -0.25) is 4.79 Å². The average molecular weight is 324 g/mol. The molecule has 0 bridgehead atoms. The molecular weight excluding hydrogens is 308 g/mol. The highest BCUT2D eigenvalue weighted by Gasteiger charge is 2.16. The van der Waals surface area contributed by atoms with Gasteiger partial charge in [0.25, 0.3) is 0 Å². The summed E-state index contributed by atoms with van der Waals surface area (Å²) in [6.45, 7) is 2.30. The van der Waals surface area contributed by atoms with Gasteiger partial charge in [0.05, 0.1) is 12.4 Å². The monoisotopic (exact) mass is 324 g/mol. The van der Waals surface area contributed by atoms with Crippen molar-refractivity contribution in [1.29, 1.82) is 0 Å². The third-order valence-electron chi connectivity index (χ3n) is 2.69. The summed E-state index contributed by atoms with van der Waals surface area (Å²) in [6.07, 6.45) is 0. The quantitative estimate of drug-likeness (QED) is 0.789. The first-order chi connectivity index (χ1) is 10.1. The molecule has 0 aliphatic rings. The second-order valence-corrected chi connectivity index (χ2v) is 6.83. The number of nitrogens with zero attached hydrogens (tertiary/aromatic N) is 2. The van der Waals surface area contributed by atoms with Crippen molar-refractivity contribution in [3.63, 3.8) is 0 Å². The zero-order valence-corrected chi connectivity index (χ0v) is 13.3. The Balaban J connectivity index is 1.82. The van der Waals surface area contributed by atoms with E-state index < -0.39 is 0 Å². The van der Waals surface area contributed by atoms with Gasteiger partial charge in [-0.1, -0.05) is 35.2 Å². The number of nitrogens with two attached hydrogens (primary N) is 1. The zero-order valence-electron chi connectivity index (χ0n) is 11.7. The van der Waals surface area contributed by atoms with Crippen LogP contribution >= 0.6 is 23.1 Å². The molecule has 0 fully saturated rings. The molecule has 0 spiro atoms. The number of carbonyl (C=O) groups is 1. The fraction of sp³-hybridized carbons (Fsp3) is 0.308. The molecule has 2 rings (SSSR count). The Hall–Kier alpha value is -1.80. The van der Waals surface area contributed by atoms with E-state index in [2.05, 4.69) is 15.5 Å². The molecule has 3 N–H and O–H groups in total. The summed E-state index contributed by atoms with van der Waals surface area (Å²) in [5.41, 5.74) is 6.52. The predicted molar refractivity (Wildman–Crippen MR) is 84.5 cm³/mol. The van der Waals surface area contributed by atoms with Gasteiger partial charge in [-0.25, -0.2) is 0 Å². The molecule has 8 heteroatoms. The van der Waals surface area contributed by atoms with Crippen molar-refractivity contribution in [3.05, 3.63) is 29.8 Å². The number of nitrogen functional groups attached to an aromatic ring is 1. The number of amides is 1. The fourth-order valence-electron chi connectivity index (χ4n) is 1.55. The molecule has 112 valence electrons. The smallest absolute Gasteiger partial charge is 0.233 e. The lowest BCUT2D eigenvalue weighted by molar-refractivity contribution is -0.120. The van der Waals surface area contributed by atoms with Crippen LogP contribution in [0.2, 0.25) is 0 Å². The molecule has 6 nitrogen and oxygen atoms in total. The molecule has 0 saturated carbocycles. The number of hydrogen-bond donors (Lipinski definition) is 2. The largest absolute Gasteiger partial charge is 0.497 e. The van der Waals surface area contributed by atoms with Crippen LogP contribution in [-0.4, -0.2) is 28.5 Å². The topological polar surface area (TPSA) is 90.1 Å². The number of aromatic nitrogens is 2. The molecule has 1 aromatic heterocycles. The van der Waals surface area contributed by atoms with Gasteiger partial charge in [-0.2, -0.15) is 0 Å². The number of ether oxygens (including phenoxy) is 1. The number of benzene rings is 1. The maximum Gasteiger partial charge on any atom is 0.233 e. The van der Waals surface area contributed by atoms with Gasteiger partial charge in [-0.15, -0.1) is 10.2 Å². The van der Waals surface area contributed by atoms with Crippen LogP contribution < -0.4 is 15.8 Å². The number of thioether (sulfide) groups is 1. The molecule has 1 heterocycles. The summed E-state index contributed by atoms with van der Waals surface area (Å²) < 4.78 is 5.78. The molecule has 1 unspecified atom stereocenters. The Morgan fingerprint density at radius 1 is 1.43 bits per heavy atom. The van der Waals surface area contributed by atoms with Crippen molar-refractivity contribution in [2.24, 2.45) is 0 Å². The van der Waals surface area contributed by atoms with Crippen molar-refractivity contribution >= 4 is 34.1 Å². The third kappa shape index (κ3) is 4.61. The third-order valence-corrected chi connectivity index (χ3v) is 4.63. The van der Waals surface area contributed by atoms with E-state index in [1.165, 1.54) is 23.1 Å². The molecule has 1 atom stereocenters. The zero-order chi connectivity index (χ0) is 15.2. The Morgan fingerprint density at radius 3 is 2.71 bits per heavy atom. The van der Waals surface area contributed by atoms with Crippen molar-refractivity contribution in [1.82, 2.24) is 15.5 Å². The first kappa shape index (κ1) is 15.6. The lowest BCUT2D eigenvalue weighted by atomic mass is 10.2. The highest BCUT2D eigenvalue weighted by Crippen LogP contribution is 2.27. The number of nitrogens with one attached hydrogen (secondary N) is 1. The van der Waals surface area contributed by atoms with E-state index >= 15 is 0 Å². The van der Waals surface area contributed by atoms with Crippen LogP contribution in [0.5, 0.6) is 5.75 Å². The maximum atomic E-state index is 12.0. The van der Waals surface area contributed by atoms with Gasteiger partial charge in [0.15, 0.2) is 4.34 Å². The summed E-state index contributed by atoms with van der Waals surface area (Å²) in [7, 11) is 1.62. The van der Waals surface area contributed by atoms with Crippen molar-refractivity contribution < 1.29 is 9.53 Å². The van der Waals surface area contributed by atoms with Crippen molar-refractivity contribution in [2.75, 3.05) is 12.8 Å². The van der Waals surface area contributed by atoms with E-state index in [-0.39, 0.29) is 11.2 Å². The number of anilines is 1. The molecular formula is C13H16N4O2S2. The van der Waals surface area contributed by atoms with Crippen LogP contribution in [-0.2, 0) is 11.3 Å². The SMILES string of the molecule is COc1ccc(CNC(=O)C(C)Sc2nnc(N)s2)cc1. The van der Waals surface area contributed by atoms with Crippen LogP contribution in [0.25, 0.3) is 0 Å². The van der Waals surface area contributed by atoms with E-state index in [1.54, 1.807) is 7.11 Å². The Bertz CT molecular complexity index is 600. The first-order valence-electron chi connectivity index (χ1n) is 6.24. The number of methoxy groups -OCH3 is 1. The van der Waals surface area contributed by atoms with Gasteiger partial charge in [0, 0.05) is 6.54 Å². The molecule has 0 saturated heterocycles. The molecule has 0 radical (unpaired) electrons. The van der Waals surface area contributed by atoms with Gasteiger partial charge in [0.2, 0.25) is 11.0 Å². The standard InChI is InChI=1S/C13H16N4O2S2/c1-8(20-13-17-16-12(14)21-13)11(18)15-7-9-3-5-10(19-2)6-4-9/h3-6,8H,7H2,1-2H3,(H2,14,16)(H,15,18). The number of rotatable bonds is 6. The van der Waals surface area contributed by atoms with Crippen molar-refractivity contribution in [3.8, 4) is 5.75 Å². The first-order valence-corrected chi connectivity index (χ1v) is 7.94. The van der Waals surface area contributed by atoms with Crippen LogP contribution in [0.4, 0.5) is 5.13 Å². The Labute approximate surface area is 131 Å². The molecule has 1 aromatic carbocycles. The maximum absolute atomic E-state index is 12.0. The van der Waals surface area contributed by atoms with Crippen LogP contribution in [0.1, 0.15) is 12.5 Å². The summed E-state index contributed by atoms with van der Waals surface area (Å²) in [5, 5.41) is 10.6. The minimum Gasteiger partial charge on any atom is -0.497 e. The van der Waals surface area contributed by atoms with Gasteiger partial charge < -0.3 is 15.8 Å². The second-order valence-electron chi connectivity index (χ2n) is 4.23. The average Bonchev–Trinajstić information content (AvgIpc) is 2.90. The normalized spacial score (nSPS) is 11.9. The Morgan fingerprint density at radius 2 is 2.14 bits per heavy atom. The molecule has 0 aliphatic heterocycles. The number of carbonyl (C=O) groups excluding carboxylic acids is 1. The highest BCUT2D eigenvalue weighted by atomic mass is 32.2. The molecule has 1 amide bonds. The fourth-order valence-corrected chi connectivity index (χ4v) is 3.35. The minimum absolute atomic E-state index is 0.0513. The minimum atomic E-state index is -0.254. The summed E-state index contributed by atoms with van der Waals surface area (Å²) >= 11 is 2.62. The van der Waals surface area contributed by atoms with E-state index in [4.69, 9.17) is 10.5 Å². The lowest BCUT2D eigenvalue weighted by Crippen LogP contribution is -2.30. The van der Waals surface area contributed by atoms with Crippen molar-refractivity contribution in [2.45, 2.75) is 23.1 Å². The van der Waals surface area contributed by atoms with Crippen LogP contribution in [0, 0.1) is 0 Å². The van der Waals surface area contributed by atoms with E-state index in [9.17, 15) is 4.79 Å². The predicted octanol–water partition coefficient (Wildman–Crippen LogP) is 1.93. The van der Waals surface area contributed by atoms with Crippen LogP contribution in [0.15, 0.2) is 28.6 Å². The van der Waals surface area contributed by atoms with Crippen LogP contribution in [0.3, 0.4) is 0 Å². The van der Waals surface area contributed by atoms with Gasteiger partial charge >= 0.3 is 0 Å². The number of hydrogen-bond acceptors (Lipinski definition) is 7. The molecule has 2 aromatic rings. The van der Waals surface area contributed by atoms with Gasteiger partial charge in [-0.05, 0) is 24.6 Å². The van der Waals surface area contributed by atoms with Gasteiger partial charge in [0.1, 0.15) is 5.75 Å². The lowest BCUT2D eigenvalue weighted by Gasteiger charge is -2.10. The van der Waals surface area contributed by atoms with E-state index in [0.717, 1.165) is 11.3 Å². The molecule has 21 heavy (non-hydrogen) atoms. The Kier molecular flexibility index (Phi) is 5.40. The summed E-state index contributed by atoms with van der Waals surface area (Å²) in [6, 6.07) is 7.57. The second kappa shape index (κ2) is 7.28. The highest BCUT2D eigenvalue weighted by molar-refractivity contribution is 8.02. The summed E-state index contributed by atoms with van der Waals surface area (Å²) in [5.74, 6) is 0.743. The summed E-state index contributed by atoms with van der Waals surface area (Å²) in [4.78, 5) is 12.0. The van der Waals surface area contributed by atoms with E-state index in [1.807, 2.05) is 31.2 Å².